The van der Waals surface area contributed by atoms with Crippen LogP contribution in [0.2, 0.25) is 0 Å². The summed E-state index contributed by atoms with van der Waals surface area (Å²) in [7, 11) is 0. The molecule has 0 aromatic heterocycles. The summed E-state index contributed by atoms with van der Waals surface area (Å²) >= 11 is 0. The smallest absolute Gasteiger partial charge is 0.0540 e. The Labute approximate surface area is 514 Å². The molecule has 0 saturated carbocycles. The maximum atomic E-state index is 2.46. The van der Waals surface area contributed by atoms with Crippen molar-refractivity contribution in [3.05, 3.63) is 308 Å². The van der Waals surface area contributed by atoms with Gasteiger partial charge in [0.15, 0.2) is 0 Å². The fraction of sp³-hybridized carbons (Fsp3) is 0.153. The summed E-state index contributed by atoms with van der Waals surface area (Å²) in [6.45, 7) is 23.2. The standard InChI is InChI=1S/C85H72N2/c1-53-41-54(2)44-65(43-53)86(81-23-15-19-61-17-11-13-21-67(61)81)63-33-39-73-71-37-31-59(49-77(71)84(7,8)79(73)51-63)27-25-57-29-35-69-70-36-30-58(48-76(70)83(5,6)75(69)47-57)26-28-60-32-38-72-74-40-34-64(52-80(74)85(9,10)78(72)50-60)87(66-45-55(3)42-56(4)46-66)82-24-16-20-62-18-12-14-22-68(62)82/h11-52H,1-10H3. The molecule has 0 saturated heterocycles. The molecule has 0 spiro atoms. The molecule has 3 aliphatic carbocycles. The van der Waals surface area contributed by atoms with Crippen molar-refractivity contribution in [2.75, 3.05) is 9.80 Å². The first kappa shape index (κ1) is 53.9. The Bertz CT molecular complexity index is 4540. The Morgan fingerprint density at radius 3 is 0.851 bits per heavy atom. The summed E-state index contributed by atoms with van der Waals surface area (Å²) < 4.78 is 0. The van der Waals surface area contributed by atoms with Gasteiger partial charge in [-0.15, -0.1) is 0 Å². The van der Waals surface area contributed by atoms with Crippen LogP contribution in [0.1, 0.15) is 119 Å². The number of fused-ring (bicyclic) bond motifs is 11. The van der Waals surface area contributed by atoms with E-state index in [2.05, 4.69) is 334 Å². The molecule has 0 fully saturated rings. The molecule has 2 heteroatoms. The number of aryl methyl sites for hydroxylation is 4. The van der Waals surface area contributed by atoms with Crippen LogP contribution >= 0.6 is 0 Å². The first-order valence-corrected chi connectivity index (χ1v) is 30.9. The zero-order chi connectivity index (χ0) is 59.7. The third-order valence-corrected chi connectivity index (χ3v) is 19.5. The lowest BCUT2D eigenvalue weighted by Gasteiger charge is -2.29. The van der Waals surface area contributed by atoms with E-state index in [-0.39, 0.29) is 16.2 Å². The summed E-state index contributed by atoms with van der Waals surface area (Å²) in [5, 5.41) is 4.94. The van der Waals surface area contributed by atoms with Crippen molar-refractivity contribution in [3.63, 3.8) is 0 Å². The molecule has 0 aliphatic heterocycles. The second-order valence-corrected chi connectivity index (χ2v) is 26.6. The van der Waals surface area contributed by atoms with Crippen molar-refractivity contribution in [1.29, 1.82) is 0 Å². The van der Waals surface area contributed by atoms with Gasteiger partial charge in [-0.25, -0.2) is 0 Å². The molecule has 0 N–H and O–H groups in total. The highest BCUT2D eigenvalue weighted by atomic mass is 15.1. The van der Waals surface area contributed by atoms with E-state index in [9.17, 15) is 0 Å². The van der Waals surface area contributed by atoms with Gasteiger partial charge in [0.05, 0.1) is 11.4 Å². The summed E-state index contributed by atoms with van der Waals surface area (Å²) in [5.74, 6) is 0. The fourth-order valence-corrected chi connectivity index (χ4v) is 15.2. The van der Waals surface area contributed by atoms with Crippen LogP contribution in [0.4, 0.5) is 34.1 Å². The first-order chi connectivity index (χ1) is 42.0. The zero-order valence-electron chi connectivity index (χ0n) is 51.6. The molecular weight excluding hydrogens is 1050 g/mol. The second-order valence-electron chi connectivity index (χ2n) is 26.6. The number of hydrogen-bond donors (Lipinski definition) is 0. The molecule has 3 aliphatic rings. The van der Waals surface area contributed by atoms with Crippen LogP contribution in [0.25, 0.3) is 79.2 Å². The summed E-state index contributed by atoms with van der Waals surface area (Å²) in [6.07, 6.45) is 9.21. The Kier molecular flexibility index (Phi) is 12.5. The molecular formula is C85H72N2. The molecule has 0 bridgehead atoms. The van der Waals surface area contributed by atoms with Crippen LogP contribution in [-0.4, -0.2) is 0 Å². The van der Waals surface area contributed by atoms with E-state index in [1.165, 1.54) is 167 Å². The molecule has 0 heterocycles. The average Bonchev–Trinajstić information content (AvgIpc) is 1.64. The van der Waals surface area contributed by atoms with Gasteiger partial charge < -0.3 is 9.80 Å². The van der Waals surface area contributed by atoms with Gasteiger partial charge in [-0.05, 0) is 210 Å². The van der Waals surface area contributed by atoms with Gasteiger partial charge in [-0.2, -0.15) is 0 Å². The summed E-state index contributed by atoms with van der Waals surface area (Å²) in [4.78, 5) is 4.92. The maximum absolute atomic E-state index is 2.46. The van der Waals surface area contributed by atoms with E-state index in [4.69, 9.17) is 0 Å². The molecule has 15 rings (SSSR count). The summed E-state index contributed by atoms with van der Waals surface area (Å²) in [5.41, 5.74) is 32.5. The number of nitrogens with zero attached hydrogens (tertiary/aromatic N) is 2. The Morgan fingerprint density at radius 1 is 0.253 bits per heavy atom. The third kappa shape index (κ3) is 8.99. The van der Waals surface area contributed by atoms with Crippen molar-refractivity contribution in [2.45, 2.75) is 85.5 Å². The van der Waals surface area contributed by atoms with E-state index in [1.807, 2.05) is 0 Å². The van der Waals surface area contributed by atoms with Gasteiger partial charge in [0.1, 0.15) is 0 Å². The van der Waals surface area contributed by atoms with Gasteiger partial charge in [0, 0.05) is 49.8 Å². The van der Waals surface area contributed by atoms with Crippen molar-refractivity contribution in [2.24, 2.45) is 0 Å². The molecule has 87 heavy (non-hydrogen) atoms. The van der Waals surface area contributed by atoms with E-state index in [1.54, 1.807) is 0 Å². The van der Waals surface area contributed by atoms with Crippen molar-refractivity contribution < 1.29 is 0 Å². The zero-order valence-corrected chi connectivity index (χ0v) is 51.6. The average molecular weight is 1120 g/mol. The molecule has 0 amide bonds. The lowest BCUT2D eigenvalue weighted by molar-refractivity contribution is 0.660. The largest absolute Gasteiger partial charge is 0.310 e. The number of benzene rings is 12. The SMILES string of the molecule is Cc1cc(C)cc(N(c2ccc3c(c2)C(C)(C)c2cc(C=Cc4ccc5c(c4)C(C)(C)c4cc(C=Cc6ccc7c(c6)C(C)(C)c6cc(N(c8cc(C)cc(C)c8)c8cccc9ccccc89)ccc6-7)ccc4-5)ccc2-3)c2cccc3ccccc23)c1. The summed E-state index contributed by atoms with van der Waals surface area (Å²) in [6, 6.07) is 87.1. The quantitative estimate of drug-likeness (QED) is 0.126. The van der Waals surface area contributed by atoms with Gasteiger partial charge in [-0.1, -0.05) is 236 Å². The van der Waals surface area contributed by atoms with Crippen LogP contribution in [-0.2, 0) is 16.2 Å². The van der Waals surface area contributed by atoms with Gasteiger partial charge in [0.2, 0.25) is 0 Å². The lowest BCUT2D eigenvalue weighted by atomic mass is 9.81. The highest BCUT2D eigenvalue weighted by molar-refractivity contribution is 6.01. The number of rotatable bonds is 10. The molecule has 12 aromatic carbocycles. The number of anilines is 6. The minimum atomic E-state index is -0.199. The normalized spacial score (nSPS) is 14.5. The van der Waals surface area contributed by atoms with Gasteiger partial charge in [-0.3, -0.25) is 0 Å². The monoisotopic (exact) mass is 1120 g/mol. The van der Waals surface area contributed by atoms with E-state index < -0.39 is 0 Å². The van der Waals surface area contributed by atoms with E-state index in [0.29, 0.717) is 0 Å². The van der Waals surface area contributed by atoms with Crippen LogP contribution < -0.4 is 9.80 Å². The van der Waals surface area contributed by atoms with Crippen LogP contribution in [0.5, 0.6) is 0 Å². The molecule has 0 unspecified atom stereocenters. The Morgan fingerprint density at radius 2 is 0.529 bits per heavy atom. The topological polar surface area (TPSA) is 6.48 Å². The Balaban J connectivity index is 0.676. The lowest BCUT2D eigenvalue weighted by Crippen LogP contribution is -2.17. The third-order valence-electron chi connectivity index (χ3n) is 19.5. The fourth-order valence-electron chi connectivity index (χ4n) is 15.2. The van der Waals surface area contributed by atoms with E-state index >= 15 is 0 Å². The van der Waals surface area contributed by atoms with Gasteiger partial charge in [0.25, 0.3) is 0 Å². The van der Waals surface area contributed by atoms with Crippen molar-refractivity contribution in [1.82, 2.24) is 0 Å². The molecule has 0 atom stereocenters. The van der Waals surface area contributed by atoms with Gasteiger partial charge >= 0.3 is 0 Å². The number of hydrogen-bond acceptors (Lipinski definition) is 2. The van der Waals surface area contributed by atoms with Crippen molar-refractivity contribution in [3.8, 4) is 33.4 Å². The van der Waals surface area contributed by atoms with Crippen LogP contribution in [0.15, 0.2) is 231 Å². The molecule has 12 aromatic rings. The second kappa shape index (κ2) is 20.2. The maximum Gasteiger partial charge on any atom is 0.0540 e. The highest BCUT2D eigenvalue weighted by Gasteiger charge is 2.39. The highest BCUT2D eigenvalue weighted by Crippen LogP contribution is 2.55. The van der Waals surface area contributed by atoms with Crippen LogP contribution in [0, 0.1) is 27.7 Å². The van der Waals surface area contributed by atoms with Crippen LogP contribution in [0.3, 0.4) is 0 Å². The van der Waals surface area contributed by atoms with Crippen molar-refractivity contribution >= 4 is 80.0 Å². The molecule has 2 nitrogen and oxygen atoms in total. The first-order valence-electron chi connectivity index (χ1n) is 30.9. The minimum Gasteiger partial charge on any atom is -0.310 e. The predicted octanol–water partition coefficient (Wildman–Crippen LogP) is 23.4. The van der Waals surface area contributed by atoms with E-state index in [0.717, 1.165) is 0 Å². The molecule has 0 radical (unpaired) electrons. The Hall–Kier alpha value is -9.76. The minimum absolute atomic E-state index is 0.161. The molecule has 422 valence electrons. The predicted molar refractivity (Wildman–Crippen MR) is 373 cm³/mol.